The van der Waals surface area contributed by atoms with Gasteiger partial charge in [-0.25, -0.2) is 13.6 Å². The van der Waals surface area contributed by atoms with E-state index in [-0.39, 0.29) is 30.2 Å². The second-order valence-corrected chi connectivity index (χ2v) is 7.45. The topological polar surface area (TPSA) is 73.7 Å². The molecule has 0 aliphatic carbocycles. The first-order chi connectivity index (χ1) is 15.4. The zero-order valence-corrected chi connectivity index (χ0v) is 17.5. The van der Waals surface area contributed by atoms with Gasteiger partial charge in [-0.3, -0.25) is 9.48 Å². The third-order valence-corrected chi connectivity index (χ3v) is 5.37. The fourth-order valence-electron chi connectivity index (χ4n) is 3.76. The van der Waals surface area contributed by atoms with Gasteiger partial charge in [0.15, 0.2) is 11.6 Å². The van der Waals surface area contributed by atoms with E-state index in [1.54, 1.807) is 37.4 Å². The summed E-state index contributed by atoms with van der Waals surface area (Å²) in [5.74, 6) is -1.88. The number of aromatic nitrogens is 2. The van der Waals surface area contributed by atoms with Gasteiger partial charge in [-0.15, -0.1) is 0 Å². The molecule has 0 spiro atoms. The number of aryl methyl sites for hydroxylation is 1. The quantitative estimate of drug-likeness (QED) is 0.569. The molecule has 2 heterocycles. The van der Waals surface area contributed by atoms with Gasteiger partial charge >= 0.3 is 5.97 Å². The summed E-state index contributed by atoms with van der Waals surface area (Å²) in [6, 6.07) is 12.4. The van der Waals surface area contributed by atoms with Crippen LogP contribution in [0.2, 0.25) is 0 Å². The molecule has 2 aromatic carbocycles. The predicted octanol–water partition coefficient (Wildman–Crippen LogP) is 3.20. The van der Waals surface area contributed by atoms with Gasteiger partial charge in [0.2, 0.25) is 0 Å². The van der Waals surface area contributed by atoms with Crippen LogP contribution in [0.1, 0.15) is 16.9 Å². The molecule has 3 aromatic rings. The van der Waals surface area contributed by atoms with Crippen molar-refractivity contribution in [3.63, 3.8) is 0 Å². The van der Waals surface area contributed by atoms with Crippen LogP contribution in [0, 0.1) is 11.6 Å². The number of hydrogen-bond acceptors (Lipinski definition) is 5. The lowest BCUT2D eigenvalue weighted by molar-refractivity contribution is -0.145. The van der Waals surface area contributed by atoms with Crippen LogP contribution in [-0.4, -0.2) is 52.4 Å². The van der Waals surface area contributed by atoms with E-state index in [0.717, 1.165) is 0 Å². The van der Waals surface area contributed by atoms with E-state index in [9.17, 15) is 18.4 Å². The van der Waals surface area contributed by atoms with Gasteiger partial charge in [0.25, 0.3) is 5.91 Å². The first kappa shape index (κ1) is 21.5. The Labute approximate surface area is 183 Å². The fourth-order valence-corrected chi connectivity index (χ4v) is 3.76. The highest BCUT2D eigenvalue weighted by atomic mass is 19.1. The largest absolute Gasteiger partial charge is 0.485 e. The van der Waals surface area contributed by atoms with Crippen LogP contribution < -0.4 is 4.74 Å². The van der Waals surface area contributed by atoms with Crippen molar-refractivity contribution in [2.45, 2.75) is 18.6 Å². The number of halogens is 2. The van der Waals surface area contributed by atoms with Crippen molar-refractivity contribution in [3.8, 4) is 17.0 Å². The van der Waals surface area contributed by atoms with Crippen LogP contribution in [0.5, 0.6) is 5.75 Å². The predicted molar refractivity (Wildman–Crippen MR) is 111 cm³/mol. The van der Waals surface area contributed by atoms with E-state index in [1.807, 2.05) is 0 Å². The van der Waals surface area contributed by atoms with Crippen molar-refractivity contribution < 1.29 is 27.8 Å². The van der Waals surface area contributed by atoms with E-state index in [1.165, 1.54) is 41.0 Å². The lowest BCUT2D eigenvalue weighted by Gasteiger charge is -2.22. The molecule has 1 aliphatic heterocycles. The number of para-hydroxylation sites is 1. The van der Waals surface area contributed by atoms with Gasteiger partial charge in [-0.1, -0.05) is 12.1 Å². The first-order valence-corrected chi connectivity index (χ1v) is 9.97. The Hall–Kier alpha value is -3.75. The molecule has 1 fully saturated rings. The van der Waals surface area contributed by atoms with E-state index in [2.05, 4.69) is 5.10 Å². The highest BCUT2D eigenvalue weighted by molar-refractivity contribution is 5.96. The van der Waals surface area contributed by atoms with Crippen LogP contribution in [0.3, 0.4) is 0 Å². The number of rotatable bonds is 5. The van der Waals surface area contributed by atoms with Gasteiger partial charge in [-0.05, 0) is 42.5 Å². The molecule has 1 aromatic heterocycles. The number of benzene rings is 2. The second kappa shape index (κ2) is 8.78. The number of amides is 1. The lowest BCUT2D eigenvalue weighted by atomic mass is 10.1. The average Bonchev–Trinajstić information content (AvgIpc) is 3.39. The van der Waals surface area contributed by atoms with E-state index < -0.39 is 29.8 Å². The Balaban J connectivity index is 1.59. The van der Waals surface area contributed by atoms with Crippen LogP contribution in [0.15, 0.2) is 54.6 Å². The van der Waals surface area contributed by atoms with Crippen LogP contribution in [0.4, 0.5) is 8.78 Å². The SMILES string of the molecule is COC(=O)[C@H]1C[C@@H](Oc2ccccc2F)CN1C(=O)c1cc(-c2ccc(F)cc2)nn1C. The Morgan fingerprint density at radius 3 is 2.50 bits per heavy atom. The highest BCUT2D eigenvalue weighted by Crippen LogP contribution is 2.28. The fraction of sp³-hybridized carbons (Fsp3) is 0.261. The van der Waals surface area contributed by atoms with E-state index in [4.69, 9.17) is 9.47 Å². The van der Waals surface area contributed by atoms with Crippen molar-refractivity contribution in [1.29, 1.82) is 0 Å². The Morgan fingerprint density at radius 1 is 1.09 bits per heavy atom. The molecule has 32 heavy (non-hydrogen) atoms. The minimum Gasteiger partial charge on any atom is -0.485 e. The van der Waals surface area contributed by atoms with Crippen molar-refractivity contribution in [2.75, 3.05) is 13.7 Å². The number of methoxy groups -OCH3 is 1. The van der Waals surface area contributed by atoms with E-state index >= 15 is 0 Å². The molecule has 0 N–H and O–H groups in total. The van der Waals surface area contributed by atoms with Crippen molar-refractivity contribution >= 4 is 11.9 Å². The van der Waals surface area contributed by atoms with Crippen LogP contribution >= 0.6 is 0 Å². The molecule has 4 rings (SSSR count). The molecule has 0 radical (unpaired) electrons. The molecule has 0 unspecified atom stereocenters. The van der Waals surface area contributed by atoms with Crippen LogP contribution in [0.25, 0.3) is 11.3 Å². The number of ether oxygens (including phenoxy) is 2. The monoisotopic (exact) mass is 441 g/mol. The summed E-state index contributed by atoms with van der Waals surface area (Å²) < 4.78 is 39.2. The van der Waals surface area contributed by atoms with Gasteiger partial charge in [0.1, 0.15) is 23.7 Å². The number of likely N-dealkylation sites (tertiary alicyclic amines) is 1. The summed E-state index contributed by atoms with van der Waals surface area (Å²) in [7, 11) is 2.85. The maximum atomic E-state index is 14.0. The molecular formula is C23H21F2N3O4. The number of carbonyl (C=O) groups is 2. The summed E-state index contributed by atoms with van der Waals surface area (Å²) >= 11 is 0. The summed E-state index contributed by atoms with van der Waals surface area (Å²) in [6.07, 6.45) is -0.431. The van der Waals surface area contributed by atoms with Crippen molar-refractivity contribution in [2.24, 2.45) is 7.05 Å². The van der Waals surface area contributed by atoms with Gasteiger partial charge in [-0.2, -0.15) is 5.10 Å². The third kappa shape index (κ3) is 4.18. The summed E-state index contributed by atoms with van der Waals surface area (Å²) in [5.41, 5.74) is 1.38. The average molecular weight is 441 g/mol. The smallest absolute Gasteiger partial charge is 0.328 e. The molecule has 1 saturated heterocycles. The minimum absolute atomic E-state index is 0.0505. The standard InChI is InChI=1S/C23H21F2N3O4/c1-27-19(12-18(26-27)14-7-9-15(24)10-8-14)22(29)28-13-16(11-20(28)23(30)31-2)32-21-6-4-3-5-17(21)25/h3-10,12,16,20H,11,13H2,1-2H3/t16-,20-/m1/s1. The van der Waals surface area contributed by atoms with Gasteiger partial charge < -0.3 is 14.4 Å². The molecule has 1 amide bonds. The minimum atomic E-state index is -0.881. The Morgan fingerprint density at radius 2 is 1.81 bits per heavy atom. The number of hydrogen-bond donors (Lipinski definition) is 0. The molecule has 0 saturated carbocycles. The number of esters is 1. The zero-order valence-electron chi connectivity index (χ0n) is 17.5. The van der Waals surface area contributed by atoms with Crippen molar-refractivity contribution in [3.05, 3.63) is 71.9 Å². The molecule has 0 bridgehead atoms. The molecule has 7 nitrogen and oxygen atoms in total. The summed E-state index contributed by atoms with van der Waals surface area (Å²) in [6.45, 7) is 0.0734. The summed E-state index contributed by atoms with van der Waals surface area (Å²) in [5, 5.41) is 4.34. The molecule has 1 aliphatic rings. The van der Waals surface area contributed by atoms with Gasteiger partial charge in [0.05, 0.1) is 19.3 Å². The summed E-state index contributed by atoms with van der Waals surface area (Å²) in [4.78, 5) is 27.0. The van der Waals surface area contributed by atoms with Gasteiger partial charge in [0, 0.05) is 19.0 Å². The Bertz CT molecular complexity index is 1150. The highest BCUT2D eigenvalue weighted by Gasteiger charge is 2.42. The lowest BCUT2D eigenvalue weighted by Crippen LogP contribution is -2.42. The first-order valence-electron chi connectivity index (χ1n) is 9.97. The maximum absolute atomic E-state index is 14.0. The normalized spacial score (nSPS) is 17.9. The number of carbonyl (C=O) groups excluding carboxylic acids is 2. The molecule has 2 atom stereocenters. The molecule has 166 valence electrons. The zero-order chi connectivity index (χ0) is 22.8. The van der Waals surface area contributed by atoms with E-state index in [0.29, 0.717) is 11.3 Å². The Kier molecular flexibility index (Phi) is 5.89. The maximum Gasteiger partial charge on any atom is 0.328 e. The second-order valence-electron chi connectivity index (χ2n) is 7.45. The molecule has 9 heteroatoms. The van der Waals surface area contributed by atoms with Crippen molar-refractivity contribution in [1.82, 2.24) is 14.7 Å². The number of nitrogens with zero attached hydrogens (tertiary/aromatic N) is 3. The van der Waals surface area contributed by atoms with Crippen LogP contribution in [-0.2, 0) is 16.6 Å². The third-order valence-electron chi connectivity index (χ3n) is 5.37. The molecular weight excluding hydrogens is 420 g/mol.